The van der Waals surface area contributed by atoms with Crippen molar-refractivity contribution in [3.8, 4) is 0 Å². The summed E-state index contributed by atoms with van der Waals surface area (Å²) in [5, 5.41) is 3.24. The molecule has 1 saturated carbocycles. The second-order valence-electron chi connectivity index (χ2n) is 8.35. The van der Waals surface area contributed by atoms with E-state index < -0.39 is 22.7 Å². The fraction of sp³-hybridized carbons (Fsp3) is 0.364. The first-order valence-corrected chi connectivity index (χ1v) is 12.0. The molecule has 1 N–H and O–H groups in total. The Balaban J connectivity index is 1.56. The Hall–Kier alpha value is -2.92. The summed E-state index contributed by atoms with van der Waals surface area (Å²) in [6, 6.07) is 9.54. The van der Waals surface area contributed by atoms with Gasteiger partial charge in [0.05, 0.1) is 23.2 Å². The second kappa shape index (κ2) is 7.84. The molecule has 0 aliphatic heterocycles. The molecule has 0 bridgehead atoms. The van der Waals surface area contributed by atoms with Gasteiger partial charge >= 0.3 is 6.18 Å². The summed E-state index contributed by atoms with van der Waals surface area (Å²) < 4.78 is 67.4. The number of pyridine rings is 1. The van der Waals surface area contributed by atoms with Crippen LogP contribution in [0.4, 0.5) is 13.2 Å². The summed E-state index contributed by atoms with van der Waals surface area (Å²) in [6.07, 6.45) is 0.642. The zero-order chi connectivity index (χ0) is 23.4. The molecule has 0 saturated heterocycles. The Morgan fingerprint density at radius 2 is 1.91 bits per heavy atom. The first-order chi connectivity index (χ1) is 15.6. The number of aryl methyl sites for hydroxylation is 1. The molecule has 1 aliphatic rings. The van der Waals surface area contributed by atoms with Gasteiger partial charge in [-0.3, -0.25) is 0 Å². The summed E-state index contributed by atoms with van der Waals surface area (Å²) in [6.45, 7) is 0.836. The van der Waals surface area contributed by atoms with Gasteiger partial charge in [0.1, 0.15) is 11.3 Å². The second-order valence-corrected chi connectivity index (χ2v) is 10.2. The molecule has 1 aromatic carbocycles. The zero-order valence-electron chi connectivity index (χ0n) is 17.7. The minimum atomic E-state index is -4.25. The molecule has 0 unspecified atom stereocenters. The maximum absolute atomic E-state index is 13.2. The molecule has 0 radical (unpaired) electrons. The van der Waals surface area contributed by atoms with Crippen LogP contribution >= 0.6 is 0 Å². The number of nitrogens with zero attached hydrogens (tertiary/aromatic N) is 4. The standard InChI is InChI=1S/C22H22F3N5O2S/c1-14-28-19-12-26-21-18(9-10-29(21)33(31,32)17-5-3-2-4-6-17)20(19)30(14)16-8-7-15(11-16)27-13-22(23,24)25/h2-6,9-10,12,15-16,27H,7-8,11,13H2,1H3/t15-,16-/m0/s1. The Labute approximate surface area is 188 Å². The third-order valence-corrected chi connectivity index (χ3v) is 7.85. The van der Waals surface area contributed by atoms with Gasteiger partial charge < -0.3 is 9.88 Å². The molecule has 1 aliphatic carbocycles. The Bertz CT molecular complexity index is 1430. The summed E-state index contributed by atoms with van der Waals surface area (Å²) in [5.41, 5.74) is 1.67. The SMILES string of the molecule is Cc1nc2cnc3c(ccn3S(=O)(=O)c3ccccc3)c2n1[C@H]1CC[C@H](NCC(F)(F)F)C1. The van der Waals surface area contributed by atoms with E-state index in [2.05, 4.69) is 15.3 Å². The minimum Gasteiger partial charge on any atom is -0.324 e. The van der Waals surface area contributed by atoms with Crippen molar-refractivity contribution in [1.82, 2.24) is 23.8 Å². The number of fused-ring (bicyclic) bond motifs is 3. The largest absolute Gasteiger partial charge is 0.401 e. The Kier molecular flexibility index (Phi) is 5.20. The number of imidazole rings is 1. The van der Waals surface area contributed by atoms with E-state index in [1.54, 1.807) is 30.5 Å². The number of nitrogens with one attached hydrogen (secondary N) is 1. The number of alkyl halides is 3. The minimum absolute atomic E-state index is 0.0413. The summed E-state index contributed by atoms with van der Waals surface area (Å²) >= 11 is 0. The molecule has 11 heteroatoms. The van der Waals surface area contributed by atoms with E-state index in [-0.39, 0.29) is 22.6 Å². The van der Waals surface area contributed by atoms with Crippen LogP contribution in [0.3, 0.4) is 0 Å². The number of hydrogen-bond donors (Lipinski definition) is 1. The monoisotopic (exact) mass is 477 g/mol. The highest BCUT2D eigenvalue weighted by molar-refractivity contribution is 7.90. The maximum atomic E-state index is 13.2. The Morgan fingerprint density at radius 3 is 2.64 bits per heavy atom. The third-order valence-electron chi connectivity index (χ3n) is 6.17. The predicted molar refractivity (Wildman–Crippen MR) is 118 cm³/mol. The van der Waals surface area contributed by atoms with Gasteiger partial charge in [-0.2, -0.15) is 13.2 Å². The van der Waals surface area contributed by atoms with Gasteiger partial charge in [0.15, 0.2) is 5.65 Å². The molecule has 0 amide bonds. The van der Waals surface area contributed by atoms with Crippen LogP contribution in [0.25, 0.3) is 22.1 Å². The number of halogens is 3. The molecule has 0 spiro atoms. The van der Waals surface area contributed by atoms with Gasteiger partial charge in [0.2, 0.25) is 0 Å². The van der Waals surface area contributed by atoms with Gasteiger partial charge in [-0.1, -0.05) is 18.2 Å². The normalized spacial score (nSPS) is 19.6. The van der Waals surface area contributed by atoms with Gasteiger partial charge in [-0.15, -0.1) is 0 Å². The van der Waals surface area contributed by atoms with E-state index in [1.807, 2.05) is 11.5 Å². The molecule has 5 rings (SSSR count). The molecule has 174 valence electrons. The topological polar surface area (TPSA) is 81.8 Å². The van der Waals surface area contributed by atoms with E-state index >= 15 is 0 Å². The molecular weight excluding hydrogens is 455 g/mol. The lowest BCUT2D eigenvalue weighted by Gasteiger charge is -2.18. The lowest BCUT2D eigenvalue weighted by Crippen LogP contribution is -2.35. The highest BCUT2D eigenvalue weighted by Gasteiger charge is 2.33. The lowest BCUT2D eigenvalue weighted by atomic mass is 10.2. The molecule has 2 atom stereocenters. The van der Waals surface area contributed by atoms with Crippen LogP contribution in [0.1, 0.15) is 31.1 Å². The molecule has 4 aromatic rings. The molecule has 33 heavy (non-hydrogen) atoms. The predicted octanol–water partition coefficient (Wildman–Crippen LogP) is 4.18. The van der Waals surface area contributed by atoms with Crippen molar-refractivity contribution in [1.29, 1.82) is 0 Å². The lowest BCUT2D eigenvalue weighted by molar-refractivity contribution is -0.126. The molecule has 3 aromatic heterocycles. The van der Waals surface area contributed by atoms with Crippen LogP contribution in [0, 0.1) is 6.92 Å². The van der Waals surface area contributed by atoms with E-state index in [4.69, 9.17) is 0 Å². The van der Waals surface area contributed by atoms with Crippen molar-refractivity contribution in [3.63, 3.8) is 0 Å². The van der Waals surface area contributed by atoms with Crippen LogP contribution in [0.2, 0.25) is 0 Å². The van der Waals surface area contributed by atoms with E-state index in [1.165, 1.54) is 18.3 Å². The van der Waals surface area contributed by atoms with Crippen LogP contribution in [-0.2, 0) is 10.0 Å². The highest BCUT2D eigenvalue weighted by atomic mass is 32.2. The van der Waals surface area contributed by atoms with Crippen molar-refractivity contribution < 1.29 is 21.6 Å². The molecule has 3 heterocycles. The molecular formula is C22H22F3N5O2S. The van der Waals surface area contributed by atoms with Crippen molar-refractivity contribution in [2.24, 2.45) is 0 Å². The van der Waals surface area contributed by atoms with Crippen LogP contribution in [0.5, 0.6) is 0 Å². The van der Waals surface area contributed by atoms with Crippen LogP contribution in [0.15, 0.2) is 53.7 Å². The zero-order valence-corrected chi connectivity index (χ0v) is 18.6. The molecule has 7 nitrogen and oxygen atoms in total. The first-order valence-electron chi connectivity index (χ1n) is 10.6. The van der Waals surface area contributed by atoms with Crippen LogP contribution < -0.4 is 5.32 Å². The number of hydrogen-bond acceptors (Lipinski definition) is 5. The van der Waals surface area contributed by atoms with Crippen molar-refractivity contribution in [3.05, 3.63) is 54.6 Å². The van der Waals surface area contributed by atoms with Crippen molar-refractivity contribution >= 4 is 32.1 Å². The smallest absolute Gasteiger partial charge is 0.324 e. The Morgan fingerprint density at radius 1 is 1.15 bits per heavy atom. The van der Waals surface area contributed by atoms with Crippen molar-refractivity contribution in [2.45, 2.75) is 49.3 Å². The first kappa shape index (κ1) is 21.9. The average molecular weight is 478 g/mol. The van der Waals surface area contributed by atoms with Gasteiger partial charge in [-0.05, 0) is 44.4 Å². The van der Waals surface area contributed by atoms with Gasteiger partial charge in [0.25, 0.3) is 10.0 Å². The summed E-state index contributed by atoms with van der Waals surface area (Å²) in [5.74, 6) is 0.722. The van der Waals surface area contributed by atoms with E-state index in [9.17, 15) is 21.6 Å². The van der Waals surface area contributed by atoms with E-state index in [0.29, 0.717) is 30.2 Å². The fourth-order valence-electron chi connectivity index (χ4n) is 4.75. The van der Waals surface area contributed by atoms with Crippen molar-refractivity contribution in [2.75, 3.05) is 6.54 Å². The van der Waals surface area contributed by atoms with E-state index in [0.717, 1.165) is 15.3 Å². The van der Waals surface area contributed by atoms with Crippen LogP contribution in [-0.4, -0.2) is 45.7 Å². The number of rotatable bonds is 5. The van der Waals surface area contributed by atoms with Gasteiger partial charge in [-0.25, -0.2) is 22.4 Å². The average Bonchev–Trinajstić information content (AvgIpc) is 3.48. The maximum Gasteiger partial charge on any atom is 0.401 e. The fourth-order valence-corrected chi connectivity index (χ4v) is 6.07. The quantitative estimate of drug-likeness (QED) is 0.467. The summed E-state index contributed by atoms with van der Waals surface area (Å²) in [4.78, 5) is 9.13. The third kappa shape index (κ3) is 3.89. The van der Waals surface area contributed by atoms with Gasteiger partial charge in [0, 0.05) is 23.7 Å². The summed E-state index contributed by atoms with van der Waals surface area (Å²) in [7, 11) is -3.84. The number of aromatic nitrogens is 4. The highest BCUT2D eigenvalue weighted by Crippen LogP contribution is 2.37. The number of benzene rings is 1. The molecule has 1 fully saturated rings.